The van der Waals surface area contributed by atoms with Crippen molar-refractivity contribution in [2.24, 2.45) is 5.10 Å². The van der Waals surface area contributed by atoms with E-state index in [1.807, 2.05) is 6.07 Å². The number of carbonyl (C=O) groups excluding carboxylic acids is 1. The van der Waals surface area contributed by atoms with Gasteiger partial charge in [-0.1, -0.05) is 23.7 Å². The van der Waals surface area contributed by atoms with E-state index in [1.54, 1.807) is 24.3 Å². The molecular formula is C17H14ClN3O4. The fraction of sp³-hybridized carbons (Fsp3) is 0.118. The summed E-state index contributed by atoms with van der Waals surface area (Å²) < 4.78 is 10.3. The van der Waals surface area contributed by atoms with Crippen molar-refractivity contribution in [1.29, 1.82) is 5.26 Å². The van der Waals surface area contributed by atoms with Crippen LogP contribution >= 0.6 is 11.6 Å². The molecule has 0 spiro atoms. The van der Waals surface area contributed by atoms with Crippen LogP contribution in [0.1, 0.15) is 11.1 Å². The lowest BCUT2D eigenvalue weighted by Gasteiger charge is -2.07. The number of ether oxygens (including phenoxy) is 2. The van der Waals surface area contributed by atoms with Crippen LogP contribution < -0.4 is 14.9 Å². The van der Waals surface area contributed by atoms with E-state index in [1.165, 1.54) is 25.5 Å². The summed E-state index contributed by atoms with van der Waals surface area (Å²) in [7, 11) is 1.39. The second-order valence-corrected chi connectivity index (χ2v) is 5.15. The predicted molar refractivity (Wildman–Crippen MR) is 92.1 cm³/mol. The van der Waals surface area contributed by atoms with Gasteiger partial charge in [0.05, 0.1) is 23.9 Å². The number of rotatable bonds is 6. The highest BCUT2D eigenvalue weighted by atomic mass is 35.5. The summed E-state index contributed by atoms with van der Waals surface area (Å²) in [4.78, 5) is 11.7. The molecule has 25 heavy (non-hydrogen) atoms. The summed E-state index contributed by atoms with van der Waals surface area (Å²) >= 11 is 5.86. The van der Waals surface area contributed by atoms with Crippen LogP contribution in [0.15, 0.2) is 41.5 Å². The second-order valence-electron chi connectivity index (χ2n) is 4.74. The van der Waals surface area contributed by atoms with E-state index in [4.69, 9.17) is 26.3 Å². The minimum absolute atomic E-state index is 0.101. The Labute approximate surface area is 149 Å². The van der Waals surface area contributed by atoms with Gasteiger partial charge in [0.1, 0.15) is 11.8 Å². The molecule has 1 amide bonds. The smallest absolute Gasteiger partial charge is 0.277 e. The zero-order chi connectivity index (χ0) is 18.2. The number of hydrogen-bond acceptors (Lipinski definition) is 6. The maximum absolute atomic E-state index is 11.7. The summed E-state index contributed by atoms with van der Waals surface area (Å²) in [6.07, 6.45) is 1.34. The van der Waals surface area contributed by atoms with Crippen molar-refractivity contribution in [3.8, 4) is 23.3 Å². The molecule has 2 aromatic carbocycles. The number of methoxy groups -OCH3 is 1. The lowest BCUT2D eigenvalue weighted by atomic mass is 10.2. The minimum atomic E-state index is -0.499. The van der Waals surface area contributed by atoms with Crippen LogP contribution in [0.25, 0.3) is 0 Å². The van der Waals surface area contributed by atoms with Gasteiger partial charge in [0.25, 0.3) is 5.91 Å². The lowest BCUT2D eigenvalue weighted by Crippen LogP contribution is -2.24. The van der Waals surface area contributed by atoms with Crippen molar-refractivity contribution in [3.63, 3.8) is 0 Å². The van der Waals surface area contributed by atoms with Crippen LogP contribution in [0, 0.1) is 11.3 Å². The molecule has 2 rings (SSSR count). The van der Waals surface area contributed by atoms with Crippen LogP contribution in [-0.4, -0.2) is 30.9 Å². The van der Waals surface area contributed by atoms with E-state index < -0.39 is 5.91 Å². The normalized spacial score (nSPS) is 10.3. The number of carbonyl (C=O) groups is 1. The van der Waals surface area contributed by atoms with Crippen molar-refractivity contribution in [2.45, 2.75) is 0 Å². The first-order valence-electron chi connectivity index (χ1n) is 7.05. The van der Waals surface area contributed by atoms with Crippen molar-refractivity contribution >= 4 is 23.7 Å². The highest BCUT2D eigenvalue weighted by Crippen LogP contribution is 2.34. The molecule has 0 heterocycles. The Morgan fingerprint density at radius 2 is 2.16 bits per heavy atom. The number of aromatic hydroxyl groups is 1. The molecule has 0 unspecified atom stereocenters. The van der Waals surface area contributed by atoms with E-state index in [2.05, 4.69) is 10.5 Å². The summed E-state index contributed by atoms with van der Waals surface area (Å²) in [5, 5.41) is 22.5. The zero-order valence-electron chi connectivity index (χ0n) is 13.2. The summed E-state index contributed by atoms with van der Waals surface area (Å²) in [5.74, 6) is -0.161. The van der Waals surface area contributed by atoms with Crippen LogP contribution in [0.2, 0.25) is 5.02 Å². The number of hydrazone groups is 1. The Morgan fingerprint density at radius 1 is 1.40 bits per heavy atom. The van der Waals surface area contributed by atoms with E-state index in [0.717, 1.165) is 0 Å². The fourth-order valence-electron chi connectivity index (χ4n) is 1.86. The van der Waals surface area contributed by atoms with Gasteiger partial charge >= 0.3 is 0 Å². The number of para-hydroxylation sites is 1. The average Bonchev–Trinajstić information content (AvgIpc) is 2.62. The Morgan fingerprint density at radius 3 is 2.88 bits per heavy atom. The summed E-state index contributed by atoms with van der Waals surface area (Å²) in [6, 6.07) is 11.5. The number of phenols is 1. The standard InChI is InChI=1S/C17H14ClN3O4/c1-24-15-7-11(6-13(18)17(15)23)9-20-21-16(22)10-25-14-5-3-2-4-12(14)8-19/h2-7,9,23H,10H2,1H3,(H,21,22)/b20-9+. The predicted octanol–water partition coefficient (Wildman–Crippen LogP) is 2.45. The van der Waals surface area contributed by atoms with Gasteiger partial charge in [0.2, 0.25) is 0 Å². The van der Waals surface area contributed by atoms with Gasteiger partial charge in [-0.15, -0.1) is 0 Å². The molecular weight excluding hydrogens is 346 g/mol. The largest absolute Gasteiger partial charge is 0.503 e. The lowest BCUT2D eigenvalue weighted by molar-refractivity contribution is -0.123. The highest BCUT2D eigenvalue weighted by molar-refractivity contribution is 6.32. The van der Waals surface area contributed by atoms with Crippen LogP contribution in [0.4, 0.5) is 0 Å². The molecule has 8 heteroatoms. The van der Waals surface area contributed by atoms with E-state index >= 15 is 0 Å². The minimum Gasteiger partial charge on any atom is -0.503 e. The van der Waals surface area contributed by atoms with E-state index in [0.29, 0.717) is 16.9 Å². The number of hydrogen-bond donors (Lipinski definition) is 2. The molecule has 0 fully saturated rings. The molecule has 2 aromatic rings. The number of nitriles is 1. The van der Waals surface area contributed by atoms with Gasteiger partial charge in [-0.3, -0.25) is 4.79 Å². The third-order valence-electron chi connectivity index (χ3n) is 3.04. The number of benzene rings is 2. The monoisotopic (exact) mass is 359 g/mol. The van der Waals surface area contributed by atoms with Gasteiger partial charge in [0.15, 0.2) is 18.1 Å². The van der Waals surface area contributed by atoms with Crippen molar-refractivity contribution < 1.29 is 19.4 Å². The van der Waals surface area contributed by atoms with Crippen molar-refractivity contribution in [1.82, 2.24) is 5.43 Å². The summed E-state index contributed by atoms with van der Waals surface area (Å²) in [6.45, 7) is -0.296. The maximum atomic E-state index is 11.7. The van der Waals surface area contributed by atoms with Gasteiger partial charge < -0.3 is 14.6 Å². The molecule has 2 N–H and O–H groups in total. The molecule has 0 aromatic heterocycles. The number of nitrogens with zero attached hydrogens (tertiary/aromatic N) is 2. The highest BCUT2D eigenvalue weighted by Gasteiger charge is 2.08. The number of amides is 1. The third kappa shape index (κ3) is 4.86. The van der Waals surface area contributed by atoms with Crippen molar-refractivity contribution in [2.75, 3.05) is 13.7 Å². The number of halogens is 1. The first kappa shape index (κ1) is 18.1. The van der Waals surface area contributed by atoms with E-state index in [-0.39, 0.29) is 23.1 Å². The van der Waals surface area contributed by atoms with Crippen LogP contribution in [0.3, 0.4) is 0 Å². The van der Waals surface area contributed by atoms with Gasteiger partial charge in [-0.05, 0) is 29.8 Å². The Kier molecular flexibility index (Phi) is 6.20. The average molecular weight is 360 g/mol. The molecule has 7 nitrogen and oxygen atoms in total. The molecule has 0 bridgehead atoms. The van der Waals surface area contributed by atoms with Crippen molar-refractivity contribution in [3.05, 3.63) is 52.5 Å². The van der Waals surface area contributed by atoms with Crippen LogP contribution in [0.5, 0.6) is 17.2 Å². The Bertz CT molecular complexity index is 846. The molecule has 0 aliphatic heterocycles. The summed E-state index contributed by atoms with van der Waals surface area (Å²) in [5.41, 5.74) is 3.15. The molecule has 0 aliphatic carbocycles. The van der Waals surface area contributed by atoms with Gasteiger partial charge in [-0.25, -0.2) is 5.43 Å². The fourth-order valence-corrected chi connectivity index (χ4v) is 2.08. The molecule has 128 valence electrons. The number of phenolic OH excluding ortho intramolecular Hbond substituents is 1. The first-order chi connectivity index (χ1) is 12.0. The van der Waals surface area contributed by atoms with Gasteiger partial charge in [-0.2, -0.15) is 10.4 Å². The molecule has 0 aliphatic rings. The molecule has 0 atom stereocenters. The van der Waals surface area contributed by atoms with E-state index in [9.17, 15) is 9.90 Å². The Hall–Kier alpha value is -3.24. The molecule has 0 saturated heterocycles. The SMILES string of the molecule is COc1cc(/C=N/NC(=O)COc2ccccc2C#N)cc(Cl)c1O. The number of nitrogens with one attached hydrogen (secondary N) is 1. The topological polar surface area (TPSA) is 104 Å². The third-order valence-corrected chi connectivity index (χ3v) is 3.33. The maximum Gasteiger partial charge on any atom is 0.277 e. The zero-order valence-corrected chi connectivity index (χ0v) is 13.9. The second kappa shape index (κ2) is 8.57. The first-order valence-corrected chi connectivity index (χ1v) is 7.43. The Balaban J connectivity index is 1.93. The quantitative estimate of drug-likeness (QED) is 0.609. The van der Waals surface area contributed by atoms with Crippen LogP contribution in [-0.2, 0) is 4.79 Å². The van der Waals surface area contributed by atoms with Gasteiger partial charge in [0, 0.05) is 0 Å². The molecule has 0 saturated carbocycles. The molecule has 0 radical (unpaired) electrons.